The average molecular weight is 288 g/mol. The number of esters is 2. The van der Waals surface area contributed by atoms with Crippen LogP contribution in [0.3, 0.4) is 0 Å². The van der Waals surface area contributed by atoms with Crippen LogP contribution in [0.5, 0.6) is 5.75 Å². The summed E-state index contributed by atoms with van der Waals surface area (Å²) in [5.41, 5.74) is 0.389. The molecule has 108 valence electrons. The van der Waals surface area contributed by atoms with E-state index in [2.05, 4.69) is 0 Å². The van der Waals surface area contributed by atoms with E-state index in [9.17, 15) is 14.0 Å². The predicted molar refractivity (Wildman–Crippen MR) is 73.3 cm³/mol. The molecule has 0 saturated carbocycles. The molecule has 0 aliphatic heterocycles. The second kappa shape index (κ2) is 6.65. The van der Waals surface area contributed by atoms with Crippen molar-refractivity contribution in [2.75, 3.05) is 0 Å². The lowest BCUT2D eigenvalue weighted by molar-refractivity contribution is -0.131. The van der Waals surface area contributed by atoms with Crippen LogP contribution in [0.25, 0.3) is 0 Å². The summed E-state index contributed by atoms with van der Waals surface area (Å²) in [6.45, 7) is 1.04. The molecule has 0 bridgehead atoms. The molecule has 5 heteroatoms. The van der Waals surface area contributed by atoms with E-state index in [0.717, 1.165) is 0 Å². The fraction of sp³-hybridized carbons (Fsp3) is 0.125. The maximum absolute atomic E-state index is 13.4. The Kier molecular flexibility index (Phi) is 4.66. The first-order valence-electron chi connectivity index (χ1n) is 6.26. The summed E-state index contributed by atoms with van der Waals surface area (Å²) in [6, 6.07) is 12.2. The Morgan fingerprint density at radius 1 is 1.05 bits per heavy atom. The van der Waals surface area contributed by atoms with Gasteiger partial charge in [-0.05, 0) is 18.2 Å². The molecule has 0 unspecified atom stereocenters. The minimum absolute atomic E-state index is 0.114. The first-order valence-corrected chi connectivity index (χ1v) is 6.26. The van der Waals surface area contributed by atoms with Crippen LogP contribution in [0, 0.1) is 5.82 Å². The van der Waals surface area contributed by atoms with E-state index in [-0.39, 0.29) is 23.5 Å². The number of para-hydroxylation sites is 1. The minimum atomic E-state index is -0.685. The Morgan fingerprint density at radius 3 is 2.43 bits per heavy atom. The molecule has 2 aromatic carbocycles. The molecule has 4 nitrogen and oxygen atoms in total. The SMILES string of the molecule is CC(=O)Oc1ccccc1C(=O)OCc1ccccc1F. The second-order valence-corrected chi connectivity index (χ2v) is 4.26. The van der Waals surface area contributed by atoms with Crippen LogP contribution in [0.15, 0.2) is 48.5 Å². The molecule has 0 fully saturated rings. The summed E-state index contributed by atoms with van der Waals surface area (Å²) in [5, 5.41) is 0. The van der Waals surface area contributed by atoms with Gasteiger partial charge in [-0.1, -0.05) is 30.3 Å². The second-order valence-electron chi connectivity index (χ2n) is 4.26. The zero-order valence-corrected chi connectivity index (χ0v) is 11.3. The lowest BCUT2D eigenvalue weighted by Crippen LogP contribution is -2.10. The van der Waals surface area contributed by atoms with Crippen molar-refractivity contribution in [1.29, 1.82) is 0 Å². The van der Waals surface area contributed by atoms with E-state index < -0.39 is 17.8 Å². The molecule has 0 saturated heterocycles. The first kappa shape index (κ1) is 14.7. The third-order valence-corrected chi connectivity index (χ3v) is 2.68. The molecule has 0 spiro atoms. The number of benzene rings is 2. The summed E-state index contributed by atoms with van der Waals surface area (Å²) >= 11 is 0. The number of hydrogen-bond donors (Lipinski definition) is 0. The van der Waals surface area contributed by atoms with Gasteiger partial charge in [-0.3, -0.25) is 4.79 Å². The maximum Gasteiger partial charge on any atom is 0.342 e. The first-order chi connectivity index (χ1) is 10.1. The average Bonchev–Trinajstić information content (AvgIpc) is 2.46. The fourth-order valence-electron chi connectivity index (χ4n) is 1.72. The molecule has 2 rings (SSSR count). The van der Waals surface area contributed by atoms with E-state index in [0.29, 0.717) is 0 Å². The van der Waals surface area contributed by atoms with E-state index in [4.69, 9.17) is 9.47 Å². The summed E-state index contributed by atoms with van der Waals surface area (Å²) in [7, 11) is 0. The van der Waals surface area contributed by atoms with Gasteiger partial charge in [-0.25, -0.2) is 9.18 Å². The van der Waals surface area contributed by atoms with Gasteiger partial charge in [0.1, 0.15) is 23.7 Å². The Bertz CT molecular complexity index is 667. The van der Waals surface area contributed by atoms with Gasteiger partial charge in [-0.15, -0.1) is 0 Å². The van der Waals surface area contributed by atoms with Gasteiger partial charge in [-0.2, -0.15) is 0 Å². The quantitative estimate of drug-likeness (QED) is 0.640. The van der Waals surface area contributed by atoms with Crippen LogP contribution >= 0.6 is 0 Å². The van der Waals surface area contributed by atoms with Gasteiger partial charge in [0.25, 0.3) is 0 Å². The molecule has 21 heavy (non-hydrogen) atoms. The topological polar surface area (TPSA) is 52.6 Å². The molecule has 0 aromatic heterocycles. The molecular formula is C16H13FO4. The van der Waals surface area contributed by atoms with Gasteiger partial charge in [0.2, 0.25) is 0 Å². The van der Waals surface area contributed by atoms with Crippen molar-refractivity contribution in [3.63, 3.8) is 0 Å². The molecule has 2 aromatic rings. The summed E-state index contributed by atoms with van der Waals surface area (Å²) < 4.78 is 23.4. The molecule has 0 aliphatic rings. The van der Waals surface area contributed by atoms with Crippen molar-refractivity contribution < 1.29 is 23.5 Å². The van der Waals surface area contributed by atoms with Crippen LogP contribution in [0.2, 0.25) is 0 Å². The fourth-order valence-corrected chi connectivity index (χ4v) is 1.72. The van der Waals surface area contributed by atoms with Crippen LogP contribution < -0.4 is 4.74 Å². The Hall–Kier alpha value is -2.69. The van der Waals surface area contributed by atoms with Crippen LogP contribution in [0.1, 0.15) is 22.8 Å². The maximum atomic E-state index is 13.4. The van der Waals surface area contributed by atoms with Crippen LogP contribution in [-0.2, 0) is 16.1 Å². The van der Waals surface area contributed by atoms with Gasteiger partial charge < -0.3 is 9.47 Å². The van der Waals surface area contributed by atoms with Gasteiger partial charge in [0.15, 0.2) is 0 Å². The standard InChI is InChI=1S/C16H13FO4/c1-11(18)21-15-9-5-3-7-13(15)16(19)20-10-12-6-2-4-8-14(12)17/h2-9H,10H2,1H3. The molecule has 0 aliphatic carbocycles. The largest absolute Gasteiger partial charge is 0.457 e. The Labute approximate surface area is 121 Å². The van der Waals surface area contributed by atoms with Crippen molar-refractivity contribution in [3.05, 3.63) is 65.5 Å². The highest BCUT2D eigenvalue weighted by Crippen LogP contribution is 2.20. The molecule has 0 radical (unpaired) electrons. The highest BCUT2D eigenvalue weighted by atomic mass is 19.1. The lowest BCUT2D eigenvalue weighted by atomic mass is 10.2. The molecule has 0 heterocycles. The van der Waals surface area contributed by atoms with E-state index >= 15 is 0 Å². The number of ether oxygens (including phenoxy) is 2. The van der Waals surface area contributed by atoms with E-state index in [1.807, 2.05) is 0 Å². The predicted octanol–water partition coefficient (Wildman–Crippen LogP) is 3.11. The van der Waals surface area contributed by atoms with Gasteiger partial charge >= 0.3 is 11.9 Å². The van der Waals surface area contributed by atoms with Crippen LogP contribution in [-0.4, -0.2) is 11.9 Å². The lowest BCUT2D eigenvalue weighted by Gasteiger charge is -2.09. The highest BCUT2D eigenvalue weighted by molar-refractivity contribution is 5.93. The summed E-state index contributed by atoms with van der Waals surface area (Å²) in [6.07, 6.45) is 0. The van der Waals surface area contributed by atoms with Crippen LogP contribution in [0.4, 0.5) is 4.39 Å². The Balaban J connectivity index is 2.10. The van der Waals surface area contributed by atoms with Crippen molar-refractivity contribution in [2.45, 2.75) is 13.5 Å². The van der Waals surface area contributed by atoms with Gasteiger partial charge in [0, 0.05) is 12.5 Å². The highest BCUT2D eigenvalue weighted by Gasteiger charge is 2.15. The Morgan fingerprint density at radius 2 is 1.71 bits per heavy atom. The summed E-state index contributed by atoms with van der Waals surface area (Å²) in [5.74, 6) is -1.55. The molecular weight excluding hydrogens is 275 g/mol. The molecule has 0 N–H and O–H groups in total. The monoisotopic (exact) mass is 288 g/mol. The van der Waals surface area contributed by atoms with Crippen molar-refractivity contribution >= 4 is 11.9 Å². The summed E-state index contributed by atoms with van der Waals surface area (Å²) in [4.78, 5) is 23.0. The van der Waals surface area contributed by atoms with Crippen molar-refractivity contribution in [3.8, 4) is 5.75 Å². The zero-order valence-electron chi connectivity index (χ0n) is 11.3. The number of carbonyl (C=O) groups excluding carboxylic acids is 2. The third kappa shape index (κ3) is 3.89. The number of halogens is 1. The van der Waals surface area contributed by atoms with E-state index in [1.54, 1.807) is 24.3 Å². The van der Waals surface area contributed by atoms with Crippen molar-refractivity contribution in [2.24, 2.45) is 0 Å². The zero-order chi connectivity index (χ0) is 15.2. The molecule has 0 atom stereocenters. The smallest absolute Gasteiger partial charge is 0.342 e. The normalized spacial score (nSPS) is 10.0. The number of rotatable bonds is 4. The minimum Gasteiger partial charge on any atom is -0.457 e. The van der Waals surface area contributed by atoms with Crippen molar-refractivity contribution in [1.82, 2.24) is 0 Å². The van der Waals surface area contributed by atoms with E-state index in [1.165, 1.54) is 31.2 Å². The number of carbonyl (C=O) groups is 2. The third-order valence-electron chi connectivity index (χ3n) is 2.68. The number of hydrogen-bond acceptors (Lipinski definition) is 4. The molecule has 0 amide bonds. The van der Waals surface area contributed by atoms with Gasteiger partial charge in [0.05, 0.1) is 0 Å².